The predicted molar refractivity (Wildman–Crippen MR) is 179 cm³/mol. The Hall–Kier alpha value is -2.91. The zero-order valence-corrected chi connectivity index (χ0v) is 27.8. The number of hydrogen-bond acceptors (Lipinski definition) is 5. The molecular formula is C36H47ClN4O4. The summed E-state index contributed by atoms with van der Waals surface area (Å²) in [6.07, 6.45) is 8.27. The summed E-state index contributed by atoms with van der Waals surface area (Å²) in [5.41, 5.74) is 2.93. The number of carbonyl (C=O) groups excluding carboxylic acids is 2. The molecule has 1 saturated carbocycles. The van der Waals surface area contributed by atoms with Gasteiger partial charge >= 0.3 is 0 Å². The maximum atomic E-state index is 13.9. The van der Waals surface area contributed by atoms with E-state index in [2.05, 4.69) is 31.0 Å². The van der Waals surface area contributed by atoms with E-state index in [1.807, 2.05) is 53.0 Å². The fourth-order valence-corrected chi connectivity index (χ4v) is 7.79. The Balaban J connectivity index is 1.12. The van der Waals surface area contributed by atoms with Gasteiger partial charge in [-0.1, -0.05) is 42.8 Å². The first-order valence-electron chi connectivity index (χ1n) is 16.6. The van der Waals surface area contributed by atoms with Crippen LogP contribution in [0.3, 0.4) is 0 Å². The van der Waals surface area contributed by atoms with Gasteiger partial charge in [-0.25, -0.2) is 0 Å². The van der Waals surface area contributed by atoms with Crippen molar-refractivity contribution in [2.45, 2.75) is 89.7 Å². The molecular weight excluding hydrogens is 588 g/mol. The van der Waals surface area contributed by atoms with Crippen LogP contribution in [0.1, 0.15) is 68.8 Å². The number of ether oxygens (including phenoxy) is 2. The van der Waals surface area contributed by atoms with Gasteiger partial charge < -0.3 is 24.3 Å². The fourth-order valence-electron chi connectivity index (χ4n) is 7.54. The molecule has 8 nitrogen and oxygen atoms in total. The Kier molecular flexibility index (Phi) is 9.85. The molecule has 0 spiro atoms. The van der Waals surface area contributed by atoms with Gasteiger partial charge in [0.15, 0.2) is 0 Å². The Bertz CT molecular complexity index is 1510. The van der Waals surface area contributed by atoms with E-state index < -0.39 is 0 Å². The minimum absolute atomic E-state index is 0.0463. The maximum absolute atomic E-state index is 13.9. The van der Waals surface area contributed by atoms with E-state index in [9.17, 15) is 9.59 Å². The monoisotopic (exact) mass is 634 g/mol. The topological polar surface area (TPSA) is 76.0 Å². The average molecular weight is 635 g/mol. The molecule has 3 aromatic rings. The van der Waals surface area contributed by atoms with Gasteiger partial charge in [0.2, 0.25) is 5.91 Å². The summed E-state index contributed by atoms with van der Waals surface area (Å²) in [6, 6.07) is 13.6. The molecule has 242 valence electrons. The normalized spacial score (nSPS) is 27.6. The number of hydrogen-bond donors (Lipinski definition) is 1. The highest BCUT2D eigenvalue weighted by Crippen LogP contribution is 2.31. The molecule has 0 bridgehead atoms. The minimum atomic E-state index is -0.220. The number of nitrogens with zero attached hydrogens (tertiary/aromatic N) is 3. The lowest BCUT2D eigenvalue weighted by Crippen LogP contribution is -2.51. The van der Waals surface area contributed by atoms with Crippen molar-refractivity contribution in [1.29, 1.82) is 0 Å². The van der Waals surface area contributed by atoms with Crippen LogP contribution in [0, 0.1) is 5.92 Å². The number of amides is 2. The van der Waals surface area contributed by atoms with Crippen LogP contribution in [0.5, 0.6) is 0 Å². The van der Waals surface area contributed by atoms with Gasteiger partial charge in [-0.15, -0.1) is 0 Å². The quantitative estimate of drug-likeness (QED) is 0.315. The number of anilines is 1. The van der Waals surface area contributed by atoms with Crippen molar-refractivity contribution in [2.24, 2.45) is 13.0 Å². The highest BCUT2D eigenvalue weighted by atomic mass is 35.5. The zero-order chi connectivity index (χ0) is 31.7. The molecule has 2 amide bonds. The second kappa shape index (κ2) is 13.8. The number of aromatic nitrogens is 1. The summed E-state index contributed by atoms with van der Waals surface area (Å²) >= 11 is 6.67. The van der Waals surface area contributed by atoms with E-state index in [1.54, 1.807) is 12.1 Å². The molecule has 2 saturated heterocycles. The van der Waals surface area contributed by atoms with Gasteiger partial charge in [-0.3, -0.25) is 14.5 Å². The molecule has 0 radical (unpaired) electrons. The number of nitrogens with one attached hydrogen (secondary N) is 1. The standard InChI is InChI=1S/C36H47ClN4O4/c1-23-9-12-29(13-10-23)44-22-28-17-27(40-18-24(2)45-25(3)19-40)20-41(28)35(42)16-26-11-14-33(32(37)15-26)38-36(43)31-21-39(4)34-8-6-5-7-30(31)34/h5-8,11,14-15,21,23-25,27-29H,9-10,12-13,16-20,22H2,1-4H3,(H,38,43)/t23?,24-,25+,27-,28-,29?/m0/s1. The molecule has 0 unspecified atom stereocenters. The van der Waals surface area contributed by atoms with Crippen LogP contribution in [0.2, 0.25) is 5.02 Å². The van der Waals surface area contributed by atoms with Crippen LogP contribution in [0.25, 0.3) is 10.9 Å². The first-order chi connectivity index (χ1) is 21.6. The van der Waals surface area contributed by atoms with E-state index in [0.717, 1.165) is 54.7 Å². The molecule has 4 atom stereocenters. The van der Waals surface area contributed by atoms with Gasteiger partial charge in [0, 0.05) is 49.8 Å². The lowest BCUT2D eigenvalue weighted by molar-refractivity contribution is -0.133. The molecule has 2 aliphatic heterocycles. The van der Waals surface area contributed by atoms with E-state index in [4.69, 9.17) is 21.1 Å². The number of halogens is 1. The number of aryl methyl sites for hydroxylation is 1. The number of para-hydroxylation sites is 1. The van der Waals surface area contributed by atoms with Crippen LogP contribution >= 0.6 is 11.6 Å². The Morgan fingerprint density at radius 1 is 1.00 bits per heavy atom. The Labute approximate surface area is 272 Å². The van der Waals surface area contributed by atoms with Crippen LogP contribution in [0.15, 0.2) is 48.7 Å². The van der Waals surface area contributed by atoms with Crippen LogP contribution in [-0.4, -0.2) is 82.8 Å². The van der Waals surface area contributed by atoms with E-state index in [0.29, 0.717) is 29.4 Å². The molecule has 2 aromatic carbocycles. The van der Waals surface area contributed by atoms with Gasteiger partial charge in [-0.2, -0.15) is 0 Å². The van der Waals surface area contributed by atoms with Crippen molar-refractivity contribution in [3.63, 3.8) is 0 Å². The van der Waals surface area contributed by atoms with Crippen molar-refractivity contribution in [1.82, 2.24) is 14.4 Å². The van der Waals surface area contributed by atoms with Gasteiger partial charge in [-0.05, 0) is 75.6 Å². The number of fused-ring (bicyclic) bond motifs is 1. The molecule has 1 aromatic heterocycles. The summed E-state index contributed by atoms with van der Waals surface area (Å²) in [4.78, 5) is 31.6. The van der Waals surface area contributed by atoms with Gasteiger partial charge in [0.05, 0.1) is 53.7 Å². The zero-order valence-electron chi connectivity index (χ0n) is 27.0. The summed E-state index contributed by atoms with van der Waals surface area (Å²) in [7, 11) is 1.93. The second-order valence-electron chi connectivity index (χ2n) is 13.6. The fraction of sp³-hybridized carbons (Fsp3) is 0.556. The summed E-state index contributed by atoms with van der Waals surface area (Å²) < 4.78 is 14.4. The largest absolute Gasteiger partial charge is 0.376 e. The van der Waals surface area contributed by atoms with E-state index in [1.165, 1.54) is 12.8 Å². The summed E-state index contributed by atoms with van der Waals surface area (Å²) in [5.74, 6) is 0.637. The number of benzene rings is 2. The third kappa shape index (κ3) is 7.40. The number of likely N-dealkylation sites (tertiary alicyclic amines) is 1. The van der Waals surface area contributed by atoms with Crippen molar-refractivity contribution in [3.05, 3.63) is 64.8 Å². The first-order valence-corrected chi connectivity index (χ1v) is 17.0. The smallest absolute Gasteiger partial charge is 0.257 e. The Morgan fingerprint density at radius 2 is 1.73 bits per heavy atom. The highest BCUT2D eigenvalue weighted by molar-refractivity contribution is 6.34. The SMILES string of the molecule is CC1CCC(OC[C@@H]2C[C@H](N3C[C@@H](C)O[C@@H](C)C3)CN2C(=O)Cc2ccc(NC(=O)c3cn(C)c4ccccc34)c(Cl)c2)CC1. The summed E-state index contributed by atoms with van der Waals surface area (Å²) in [5, 5.41) is 4.26. The number of carbonyl (C=O) groups is 2. The predicted octanol–water partition coefficient (Wildman–Crippen LogP) is 6.30. The van der Waals surface area contributed by atoms with E-state index in [-0.39, 0.29) is 48.6 Å². The van der Waals surface area contributed by atoms with Gasteiger partial charge in [0.1, 0.15) is 0 Å². The minimum Gasteiger partial charge on any atom is -0.376 e. The van der Waals surface area contributed by atoms with Crippen LogP contribution < -0.4 is 5.32 Å². The Morgan fingerprint density at radius 3 is 2.47 bits per heavy atom. The molecule has 1 N–H and O–H groups in total. The lowest BCUT2D eigenvalue weighted by atomic mass is 9.89. The third-order valence-corrected chi connectivity index (χ3v) is 10.3. The molecule has 45 heavy (non-hydrogen) atoms. The van der Waals surface area contributed by atoms with Crippen LogP contribution in [0.4, 0.5) is 5.69 Å². The average Bonchev–Trinajstić information content (AvgIpc) is 3.59. The van der Waals surface area contributed by atoms with Gasteiger partial charge in [0.25, 0.3) is 5.91 Å². The second-order valence-corrected chi connectivity index (χ2v) is 14.0. The molecule has 1 aliphatic carbocycles. The maximum Gasteiger partial charge on any atom is 0.257 e. The van der Waals surface area contributed by atoms with Crippen molar-refractivity contribution < 1.29 is 19.1 Å². The highest BCUT2D eigenvalue weighted by Gasteiger charge is 2.40. The number of morpholine rings is 1. The molecule has 3 heterocycles. The molecule has 3 aliphatic rings. The first kappa shape index (κ1) is 32.0. The number of rotatable bonds is 8. The molecule has 9 heteroatoms. The lowest BCUT2D eigenvalue weighted by Gasteiger charge is -2.38. The van der Waals surface area contributed by atoms with Crippen molar-refractivity contribution in [2.75, 3.05) is 31.6 Å². The molecule has 3 fully saturated rings. The van der Waals surface area contributed by atoms with Crippen molar-refractivity contribution >= 4 is 40.0 Å². The third-order valence-electron chi connectivity index (χ3n) is 9.94. The van der Waals surface area contributed by atoms with E-state index >= 15 is 0 Å². The van der Waals surface area contributed by atoms with Crippen molar-refractivity contribution in [3.8, 4) is 0 Å². The summed E-state index contributed by atoms with van der Waals surface area (Å²) in [6.45, 7) is 9.61. The van der Waals surface area contributed by atoms with Crippen LogP contribution in [-0.2, 0) is 27.7 Å². The molecule has 6 rings (SSSR count).